The molecular formula is C12H14O2. The summed E-state index contributed by atoms with van der Waals surface area (Å²) in [5.41, 5.74) is 1.03. The average Bonchev–Trinajstić information content (AvgIpc) is 2.22. The fourth-order valence-corrected chi connectivity index (χ4v) is 0.860. The maximum absolute atomic E-state index is 10.1. The van der Waals surface area contributed by atoms with Crippen molar-refractivity contribution in [3.8, 4) is 0 Å². The van der Waals surface area contributed by atoms with Crippen molar-refractivity contribution < 1.29 is 9.90 Å². The van der Waals surface area contributed by atoms with Crippen LogP contribution in [-0.4, -0.2) is 11.1 Å². The van der Waals surface area contributed by atoms with Gasteiger partial charge in [-0.15, -0.1) is 13.2 Å². The van der Waals surface area contributed by atoms with Gasteiger partial charge in [0.25, 0.3) is 0 Å². The highest BCUT2D eigenvalue weighted by molar-refractivity contribution is 5.70. The van der Waals surface area contributed by atoms with E-state index in [1.807, 2.05) is 30.3 Å². The minimum Gasteiger partial charge on any atom is -0.481 e. The second-order valence-corrected chi connectivity index (χ2v) is 2.41. The number of carboxylic acid groups (broad SMARTS) is 1. The third-order valence-electron chi connectivity index (χ3n) is 1.40. The third-order valence-corrected chi connectivity index (χ3v) is 1.40. The molecule has 0 amide bonds. The monoisotopic (exact) mass is 190 g/mol. The lowest BCUT2D eigenvalue weighted by Gasteiger charge is -1.89. The Morgan fingerprint density at radius 3 is 2.36 bits per heavy atom. The number of carboxylic acids is 1. The number of carbonyl (C=O) groups is 1. The molecule has 0 saturated carbocycles. The molecular weight excluding hydrogens is 176 g/mol. The minimum absolute atomic E-state index is 0.0783. The van der Waals surface area contributed by atoms with E-state index in [-0.39, 0.29) is 6.42 Å². The summed E-state index contributed by atoms with van der Waals surface area (Å²) in [7, 11) is 0. The molecule has 0 radical (unpaired) electrons. The molecule has 1 aromatic carbocycles. The highest BCUT2D eigenvalue weighted by Gasteiger charge is 1.88. The van der Waals surface area contributed by atoms with E-state index in [1.165, 1.54) is 0 Å². The molecule has 0 fully saturated rings. The highest BCUT2D eigenvalue weighted by Crippen LogP contribution is 2.01. The molecule has 0 aliphatic rings. The molecule has 0 unspecified atom stereocenters. The molecule has 0 spiro atoms. The van der Waals surface area contributed by atoms with Crippen LogP contribution in [0, 0.1) is 0 Å². The second-order valence-electron chi connectivity index (χ2n) is 2.41. The molecule has 1 aromatic rings. The highest BCUT2D eigenvalue weighted by atomic mass is 16.4. The molecule has 1 N–H and O–H groups in total. The lowest BCUT2D eigenvalue weighted by Crippen LogP contribution is -1.89. The Balaban J connectivity index is 0.000000791. The Labute approximate surface area is 84.2 Å². The van der Waals surface area contributed by atoms with Crippen LogP contribution in [0.5, 0.6) is 0 Å². The van der Waals surface area contributed by atoms with Crippen LogP contribution in [-0.2, 0) is 4.79 Å². The van der Waals surface area contributed by atoms with Crippen LogP contribution in [0.1, 0.15) is 12.0 Å². The first-order chi connectivity index (χ1) is 6.79. The van der Waals surface area contributed by atoms with Crippen molar-refractivity contribution in [3.05, 3.63) is 55.1 Å². The van der Waals surface area contributed by atoms with Crippen LogP contribution in [0.3, 0.4) is 0 Å². The summed E-state index contributed by atoms with van der Waals surface area (Å²) in [5.74, 6) is -0.804. The Kier molecular flexibility index (Phi) is 6.78. The molecule has 0 aromatic heterocycles. The minimum atomic E-state index is -0.804. The number of hydrogen-bond donors (Lipinski definition) is 1. The lowest BCUT2D eigenvalue weighted by molar-refractivity contribution is -0.135. The molecule has 0 atom stereocenters. The van der Waals surface area contributed by atoms with Gasteiger partial charge >= 0.3 is 5.97 Å². The number of benzene rings is 1. The van der Waals surface area contributed by atoms with Crippen LogP contribution >= 0.6 is 0 Å². The van der Waals surface area contributed by atoms with Crippen molar-refractivity contribution in [3.63, 3.8) is 0 Å². The van der Waals surface area contributed by atoms with Crippen LogP contribution < -0.4 is 0 Å². The van der Waals surface area contributed by atoms with Crippen molar-refractivity contribution in [2.75, 3.05) is 0 Å². The summed E-state index contributed by atoms with van der Waals surface area (Å²) in [6.45, 7) is 6.00. The average molecular weight is 190 g/mol. The maximum Gasteiger partial charge on any atom is 0.307 e. The molecule has 0 aliphatic heterocycles. The Bertz CT molecular complexity index is 288. The van der Waals surface area contributed by atoms with E-state index in [0.29, 0.717) is 0 Å². The van der Waals surface area contributed by atoms with Crippen molar-refractivity contribution in [2.24, 2.45) is 0 Å². The summed E-state index contributed by atoms with van der Waals surface area (Å²) in [4.78, 5) is 10.1. The van der Waals surface area contributed by atoms with Crippen molar-refractivity contribution in [1.82, 2.24) is 0 Å². The lowest BCUT2D eigenvalue weighted by atomic mass is 10.2. The first-order valence-corrected chi connectivity index (χ1v) is 4.22. The molecule has 0 saturated heterocycles. The summed E-state index contributed by atoms with van der Waals surface area (Å²) in [6.07, 6.45) is 3.51. The van der Waals surface area contributed by atoms with E-state index in [2.05, 4.69) is 13.2 Å². The molecule has 14 heavy (non-hydrogen) atoms. The van der Waals surface area contributed by atoms with Gasteiger partial charge in [-0.3, -0.25) is 4.79 Å². The van der Waals surface area contributed by atoms with Gasteiger partial charge in [0, 0.05) is 0 Å². The Morgan fingerprint density at radius 1 is 1.29 bits per heavy atom. The summed E-state index contributed by atoms with van der Waals surface area (Å²) >= 11 is 0. The predicted molar refractivity (Wildman–Crippen MR) is 59.0 cm³/mol. The number of hydrogen-bond acceptors (Lipinski definition) is 1. The summed E-state index contributed by atoms with van der Waals surface area (Å²) in [5, 5.41) is 8.34. The van der Waals surface area contributed by atoms with E-state index in [1.54, 1.807) is 12.2 Å². The van der Waals surface area contributed by atoms with Gasteiger partial charge in [0.05, 0.1) is 6.42 Å². The van der Waals surface area contributed by atoms with Crippen LogP contribution in [0.2, 0.25) is 0 Å². The van der Waals surface area contributed by atoms with Crippen LogP contribution in [0.15, 0.2) is 49.6 Å². The molecule has 2 heteroatoms. The first kappa shape index (κ1) is 12.2. The van der Waals surface area contributed by atoms with Gasteiger partial charge in [0.1, 0.15) is 0 Å². The smallest absolute Gasteiger partial charge is 0.307 e. The van der Waals surface area contributed by atoms with Crippen LogP contribution in [0.4, 0.5) is 0 Å². The molecule has 0 heterocycles. The van der Waals surface area contributed by atoms with Gasteiger partial charge in [-0.2, -0.15) is 0 Å². The predicted octanol–water partition coefficient (Wildman–Crippen LogP) is 2.98. The maximum atomic E-state index is 10.1. The van der Waals surface area contributed by atoms with Gasteiger partial charge in [0.2, 0.25) is 0 Å². The first-order valence-electron chi connectivity index (χ1n) is 4.22. The Morgan fingerprint density at radius 2 is 1.86 bits per heavy atom. The summed E-state index contributed by atoms with van der Waals surface area (Å²) < 4.78 is 0. The van der Waals surface area contributed by atoms with Crippen molar-refractivity contribution in [1.29, 1.82) is 0 Å². The summed E-state index contributed by atoms with van der Waals surface area (Å²) in [6, 6.07) is 9.62. The van der Waals surface area contributed by atoms with Gasteiger partial charge in [-0.1, -0.05) is 42.5 Å². The van der Waals surface area contributed by atoms with Crippen molar-refractivity contribution in [2.45, 2.75) is 6.42 Å². The molecule has 0 aliphatic carbocycles. The van der Waals surface area contributed by atoms with Gasteiger partial charge in [-0.25, -0.2) is 0 Å². The SMILES string of the molecule is C=C.O=C(O)CC=Cc1ccccc1. The van der Waals surface area contributed by atoms with Crippen LogP contribution in [0.25, 0.3) is 6.08 Å². The Hall–Kier alpha value is -1.83. The third kappa shape index (κ3) is 5.77. The fourth-order valence-electron chi connectivity index (χ4n) is 0.860. The molecule has 0 bridgehead atoms. The second kappa shape index (κ2) is 7.80. The zero-order valence-corrected chi connectivity index (χ0v) is 8.02. The van der Waals surface area contributed by atoms with E-state index >= 15 is 0 Å². The topological polar surface area (TPSA) is 37.3 Å². The normalized spacial score (nSPS) is 9.14. The molecule has 1 rings (SSSR count). The zero-order chi connectivity index (χ0) is 10.8. The van der Waals surface area contributed by atoms with E-state index in [0.717, 1.165) is 5.56 Å². The number of rotatable bonds is 3. The van der Waals surface area contributed by atoms with E-state index in [9.17, 15) is 4.79 Å². The van der Waals surface area contributed by atoms with Gasteiger partial charge in [-0.05, 0) is 5.56 Å². The van der Waals surface area contributed by atoms with E-state index < -0.39 is 5.97 Å². The van der Waals surface area contributed by atoms with E-state index in [4.69, 9.17) is 5.11 Å². The molecule has 74 valence electrons. The van der Waals surface area contributed by atoms with Gasteiger partial charge in [0.15, 0.2) is 0 Å². The molecule has 2 nitrogen and oxygen atoms in total. The fraction of sp³-hybridized carbons (Fsp3) is 0.0833. The van der Waals surface area contributed by atoms with Gasteiger partial charge < -0.3 is 5.11 Å². The largest absolute Gasteiger partial charge is 0.481 e. The quantitative estimate of drug-likeness (QED) is 0.744. The zero-order valence-electron chi connectivity index (χ0n) is 8.02. The standard InChI is InChI=1S/C10H10O2.C2H4/c11-10(12)8-4-7-9-5-2-1-3-6-9;1-2/h1-7H,8H2,(H,11,12);1-2H2. The number of aliphatic carboxylic acids is 1. The van der Waals surface area contributed by atoms with Crippen molar-refractivity contribution >= 4 is 12.0 Å².